The highest BCUT2D eigenvalue weighted by molar-refractivity contribution is 5.78. The molecule has 0 heterocycles. The third kappa shape index (κ3) is 4.54. The van der Waals surface area contributed by atoms with Crippen LogP contribution in [0.4, 0.5) is 13.2 Å². The lowest BCUT2D eigenvalue weighted by molar-refractivity contribution is -0.274. The van der Waals surface area contributed by atoms with E-state index in [9.17, 15) is 18.0 Å². The highest BCUT2D eigenvalue weighted by Crippen LogP contribution is 2.26. The third-order valence-electron chi connectivity index (χ3n) is 2.32. The molecule has 1 aromatic carbocycles. The first-order valence-electron chi connectivity index (χ1n) is 5.24. The van der Waals surface area contributed by atoms with Crippen LogP contribution in [-0.2, 0) is 9.53 Å². The van der Waals surface area contributed by atoms with E-state index < -0.39 is 18.2 Å². The van der Waals surface area contributed by atoms with E-state index in [1.54, 1.807) is 0 Å². The fourth-order valence-electron chi connectivity index (χ4n) is 1.50. The number of rotatable bonds is 4. The molecular formula is C13H11F3O3. The van der Waals surface area contributed by atoms with Crippen LogP contribution in [0.25, 0.3) is 0 Å². The maximum atomic E-state index is 12.0. The minimum atomic E-state index is -4.75. The molecule has 0 bridgehead atoms. The van der Waals surface area contributed by atoms with Crippen molar-refractivity contribution in [2.24, 2.45) is 0 Å². The van der Waals surface area contributed by atoms with Gasteiger partial charge in [-0.15, -0.1) is 25.5 Å². The van der Waals surface area contributed by atoms with Gasteiger partial charge < -0.3 is 9.47 Å². The molecule has 3 nitrogen and oxygen atoms in total. The van der Waals surface area contributed by atoms with Crippen molar-refractivity contribution in [2.45, 2.75) is 18.7 Å². The summed E-state index contributed by atoms with van der Waals surface area (Å²) >= 11 is 0. The Kier molecular flexibility index (Phi) is 4.81. The summed E-state index contributed by atoms with van der Waals surface area (Å²) in [4.78, 5) is 11.5. The smallest absolute Gasteiger partial charge is 0.469 e. The van der Waals surface area contributed by atoms with Crippen molar-refractivity contribution in [1.29, 1.82) is 0 Å². The molecule has 0 aliphatic rings. The molecule has 0 saturated heterocycles. The van der Waals surface area contributed by atoms with E-state index in [0.29, 0.717) is 5.56 Å². The predicted octanol–water partition coefficient (Wildman–Crippen LogP) is 2.87. The van der Waals surface area contributed by atoms with Crippen molar-refractivity contribution in [3.8, 4) is 18.1 Å². The number of hydrogen-bond donors (Lipinski definition) is 0. The van der Waals surface area contributed by atoms with Gasteiger partial charge in [-0.3, -0.25) is 4.79 Å². The number of halogens is 3. The Hall–Kier alpha value is -2.16. The van der Waals surface area contributed by atoms with E-state index in [2.05, 4.69) is 15.4 Å². The Balaban J connectivity index is 2.90. The van der Waals surface area contributed by atoms with Crippen LogP contribution in [0.1, 0.15) is 17.9 Å². The van der Waals surface area contributed by atoms with Gasteiger partial charge in [0.2, 0.25) is 0 Å². The normalized spacial score (nSPS) is 12.4. The maximum absolute atomic E-state index is 12.0. The standard InChI is InChI=1S/C13H11F3O3/c1-3-4-11(12(17)18-2)9-5-7-10(8-6-9)19-13(14,15)16/h1,5-8,11H,4H2,2H3. The summed E-state index contributed by atoms with van der Waals surface area (Å²) in [5.74, 6) is 0.723. The lowest BCUT2D eigenvalue weighted by Gasteiger charge is -2.13. The van der Waals surface area contributed by atoms with Crippen LogP contribution in [0.3, 0.4) is 0 Å². The van der Waals surface area contributed by atoms with E-state index >= 15 is 0 Å². The summed E-state index contributed by atoms with van der Waals surface area (Å²) in [5, 5.41) is 0. The molecule has 1 atom stereocenters. The van der Waals surface area contributed by atoms with E-state index in [1.165, 1.54) is 19.2 Å². The summed E-state index contributed by atoms with van der Waals surface area (Å²) < 4.78 is 44.3. The molecule has 1 aromatic rings. The van der Waals surface area contributed by atoms with Crippen LogP contribution in [0, 0.1) is 12.3 Å². The molecule has 6 heteroatoms. The molecule has 0 aromatic heterocycles. The molecule has 0 fully saturated rings. The largest absolute Gasteiger partial charge is 0.573 e. The number of carbonyl (C=O) groups excluding carboxylic acids is 1. The van der Waals surface area contributed by atoms with E-state index in [-0.39, 0.29) is 12.2 Å². The van der Waals surface area contributed by atoms with Gasteiger partial charge in [0.25, 0.3) is 0 Å². The fraction of sp³-hybridized carbons (Fsp3) is 0.308. The van der Waals surface area contributed by atoms with E-state index in [0.717, 1.165) is 12.1 Å². The molecule has 0 aliphatic heterocycles. The lowest BCUT2D eigenvalue weighted by Crippen LogP contribution is -2.17. The average molecular weight is 272 g/mol. The Labute approximate surface area is 108 Å². The minimum Gasteiger partial charge on any atom is -0.469 e. The van der Waals surface area contributed by atoms with Crippen LogP contribution in [-0.4, -0.2) is 19.4 Å². The van der Waals surface area contributed by atoms with Crippen molar-refractivity contribution in [2.75, 3.05) is 7.11 Å². The van der Waals surface area contributed by atoms with Gasteiger partial charge in [0.1, 0.15) is 5.75 Å². The minimum absolute atomic E-state index is 0.103. The highest BCUT2D eigenvalue weighted by Gasteiger charge is 2.31. The molecule has 0 saturated carbocycles. The first kappa shape index (κ1) is 14.9. The van der Waals surface area contributed by atoms with Gasteiger partial charge in [0.15, 0.2) is 0 Å². The number of terminal acetylenes is 1. The fourth-order valence-corrected chi connectivity index (χ4v) is 1.50. The number of ether oxygens (including phenoxy) is 2. The molecule has 1 unspecified atom stereocenters. The van der Waals surface area contributed by atoms with Crippen LogP contribution in [0.5, 0.6) is 5.75 Å². The number of esters is 1. The lowest BCUT2D eigenvalue weighted by atomic mass is 9.96. The highest BCUT2D eigenvalue weighted by atomic mass is 19.4. The first-order valence-corrected chi connectivity index (χ1v) is 5.24. The Morgan fingerprint density at radius 3 is 2.37 bits per heavy atom. The number of alkyl halides is 3. The molecule has 19 heavy (non-hydrogen) atoms. The summed E-state index contributed by atoms with van der Waals surface area (Å²) in [7, 11) is 1.22. The van der Waals surface area contributed by atoms with Crippen molar-refractivity contribution in [1.82, 2.24) is 0 Å². The van der Waals surface area contributed by atoms with Crippen molar-refractivity contribution >= 4 is 5.97 Å². The Morgan fingerprint density at radius 2 is 1.95 bits per heavy atom. The van der Waals surface area contributed by atoms with Crippen molar-refractivity contribution in [3.63, 3.8) is 0 Å². The topological polar surface area (TPSA) is 35.5 Å². The SMILES string of the molecule is C#CCC(C(=O)OC)c1ccc(OC(F)(F)F)cc1. The zero-order chi connectivity index (χ0) is 14.5. The zero-order valence-corrected chi connectivity index (χ0v) is 10.0. The molecule has 0 aliphatic carbocycles. The summed E-state index contributed by atoms with van der Waals surface area (Å²) in [6, 6.07) is 4.94. The van der Waals surface area contributed by atoms with Crippen molar-refractivity contribution in [3.05, 3.63) is 29.8 Å². The molecule has 0 amide bonds. The average Bonchev–Trinajstić information content (AvgIpc) is 2.34. The number of methoxy groups -OCH3 is 1. The molecule has 0 N–H and O–H groups in total. The van der Waals surface area contributed by atoms with Crippen molar-refractivity contribution < 1.29 is 27.4 Å². The number of carbonyl (C=O) groups is 1. The van der Waals surface area contributed by atoms with Gasteiger partial charge in [-0.2, -0.15) is 0 Å². The number of hydrogen-bond acceptors (Lipinski definition) is 3. The molecule has 102 valence electrons. The number of benzene rings is 1. The maximum Gasteiger partial charge on any atom is 0.573 e. The summed E-state index contributed by atoms with van der Waals surface area (Å²) in [5.41, 5.74) is 0.472. The Morgan fingerprint density at radius 1 is 1.37 bits per heavy atom. The van der Waals surface area contributed by atoms with Gasteiger partial charge in [0, 0.05) is 6.42 Å². The second kappa shape index (κ2) is 6.14. The monoisotopic (exact) mass is 272 g/mol. The van der Waals surface area contributed by atoms with Gasteiger partial charge in [-0.25, -0.2) is 0 Å². The van der Waals surface area contributed by atoms with E-state index in [4.69, 9.17) is 6.42 Å². The quantitative estimate of drug-likeness (QED) is 0.624. The van der Waals surface area contributed by atoms with Crippen LogP contribution in [0.2, 0.25) is 0 Å². The van der Waals surface area contributed by atoms with Gasteiger partial charge in [-0.05, 0) is 17.7 Å². The third-order valence-corrected chi connectivity index (χ3v) is 2.32. The Bertz CT molecular complexity index is 471. The molecular weight excluding hydrogens is 261 g/mol. The predicted molar refractivity (Wildman–Crippen MR) is 61.3 cm³/mol. The molecule has 0 radical (unpaired) electrons. The van der Waals surface area contributed by atoms with Crippen LogP contribution in [0.15, 0.2) is 24.3 Å². The second-order valence-electron chi connectivity index (χ2n) is 3.60. The summed E-state index contributed by atoms with van der Waals surface area (Å²) in [6.45, 7) is 0. The first-order chi connectivity index (χ1) is 8.87. The second-order valence-corrected chi connectivity index (χ2v) is 3.60. The molecule has 0 spiro atoms. The van der Waals surface area contributed by atoms with E-state index in [1.807, 2.05) is 0 Å². The van der Waals surface area contributed by atoms with Crippen LogP contribution < -0.4 is 4.74 Å². The van der Waals surface area contributed by atoms with Gasteiger partial charge in [0.05, 0.1) is 13.0 Å². The van der Waals surface area contributed by atoms with Gasteiger partial charge in [-0.1, -0.05) is 12.1 Å². The molecule has 1 rings (SSSR count). The summed E-state index contributed by atoms with van der Waals surface area (Å²) in [6.07, 6.45) is 0.497. The van der Waals surface area contributed by atoms with Crippen LogP contribution >= 0.6 is 0 Å². The zero-order valence-electron chi connectivity index (χ0n) is 10.0. The van der Waals surface area contributed by atoms with Gasteiger partial charge >= 0.3 is 12.3 Å².